The van der Waals surface area contributed by atoms with Crippen LogP contribution in [0.25, 0.3) is 116 Å². The van der Waals surface area contributed by atoms with Gasteiger partial charge in [-0.3, -0.25) is 0 Å². The van der Waals surface area contributed by atoms with Gasteiger partial charge in [-0.15, -0.1) is 0 Å². The second-order valence-electron chi connectivity index (χ2n) is 30.4. The zero-order valence-electron chi connectivity index (χ0n) is 63.6. The molecule has 18 rings (SSSR count). The maximum absolute atomic E-state index is 9.84. The minimum Gasteiger partial charge on any atom is -0.458 e. The Morgan fingerprint density at radius 2 is 0.842 bits per heavy atom. The van der Waals surface area contributed by atoms with Crippen molar-refractivity contribution in [1.29, 1.82) is 0 Å². The Labute approximate surface area is 566 Å². The molecule has 6 nitrogen and oxygen atoms in total. The quantitative estimate of drug-likeness (QED) is 0.161. The van der Waals surface area contributed by atoms with E-state index in [4.69, 9.17) is 11.9 Å². The van der Waals surface area contributed by atoms with Crippen LogP contribution < -0.4 is 26.0 Å². The van der Waals surface area contributed by atoms with E-state index in [0.717, 1.165) is 105 Å². The van der Waals surface area contributed by atoms with E-state index in [1.807, 2.05) is 42.5 Å². The van der Waals surface area contributed by atoms with E-state index < -0.39 is 55.1 Å². The largest absolute Gasteiger partial charge is 0.458 e. The Hall–Kier alpha value is -10.5. The van der Waals surface area contributed by atoms with Gasteiger partial charge < -0.3 is 27.8 Å². The zero-order chi connectivity index (χ0) is 71.9. The van der Waals surface area contributed by atoms with E-state index in [0.29, 0.717) is 34.0 Å². The average Bonchev–Trinajstić information content (AvgIpc) is 1.68. The smallest absolute Gasteiger partial charge is 0.261 e. The van der Waals surface area contributed by atoms with Gasteiger partial charge in [0.05, 0.1) is 66.5 Å². The molecule has 0 atom stereocenters. The third-order valence-electron chi connectivity index (χ3n) is 20.4. The summed E-state index contributed by atoms with van der Waals surface area (Å²) in [5.74, 6) is 1.000. The first-order valence-corrected chi connectivity index (χ1v) is 33.1. The van der Waals surface area contributed by atoms with Crippen molar-refractivity contribution in [3.63, 3.8) is 0 Å². The fourth-order valence-electron chi connectivity index (χ4n) is 15.4. The van der Waals surface area contributed by atoms with E-state index in [1.165, 1.54) is 22.3 Å². The summed E-state index contributed by atoms with van der Waals surface area (Å²) in [7, 11) is 0. The Bertz CT molecular complexity index is 6230. The minimum atomic E-state index is -0.611. The van der Waals surface area contributed by atoms with Gasteiger partial charge in [0.15, 0.2) is 0 Å². The maximum Gasteiger partial charge on any atom is 0.261 e. The van der Waals surface area contributed by atoms with Crippen LogP contribution in [0.2, 0.25) is 0 Å². The third-order valence-corrected chi connectivity index (χ3v) is 20.4. The fraction of sp³-hybridized carbons (Fsp3) is 0.182. The molecule has 16 aromatic rings. The van der Waals surface area contributed by atoms with E-state index in [-0.39, 0.29) is 43.5 Å². The number of hydrogen-bond acceptors (Lipinski definition) is 3. The van der Waals surface area contributed by atoms with E-state index in [2.05, 4.69) is 243 Å². The molecule has 6 heterocycles. The summed E-state index contributed by atoms with van der Waals surface area (Å²) in [6, 6.07) is 63.7. The molecule has 12 aromatic carbocycles. The highest BCUT2D eigenvalue weighted by Gasteiger charge is 2.46. The summed E-state index contributed by atoms with van der Waals surface area (Å²) in [6.07, 6.45) is 0. The molecule has 0 aliphatic carbocycles. The second kappa shape index (κ2) is 20.0. The van der Waals surface area contributed by atoms with Crippen LogP contribution in [0.15, 0.2) is 241 Å². The molecule has 2 aliphatic heterocycles. The van der Waals surface area contributed by atoms with Crippen molar-refractivity contribution in [3.8, 4) is 39.7 Å². The molecule has 0 radical (unpaired) electrons. The van der Waals surface area contributed by atoms with Crippen molar-refractivity contribution in [2.45, 2.75) is 105 Å². The number of anilines is 3. The Morgan fingerprint density at radius 3 is 1.41 bits per heavy atom. The van der Waals surface area contributed by atoms with Crippen molar-refractivity contribution in [2.75, 3.05) is 4.90 Å². The second-order valence-corrected chi connectivity index (χ2v) is 30.4. The predicted octanol–water partition coefficient (Wildman–Crippen LogP) is 22.1. The SMILES string of the molecule is [2H]c1c([2H])c([2H])c2c(c1[2H])c1c([2H])c([2H])c([2H])c([2H])c1n2-c1cc2c3c(c1)N(c1ccccc1-c1ccccc1)c1cc(-n4c5ccc(C(C)(C)C)cc5c5cc(C(C)(C)C)ccc54)c4c(oc5ccccc54)c1B3c1ccc(-n3c4ccc(C(C)(C)C)cc4c4cc(C(C)(C)C)ccc43)cc1O2. The number of hydrogen-bond donors (Lipinski definition) is 0. The molecule has 0 saturated carbocycles. The monoisotopic (exact) mass is 1240 g/mol. The molecule has 0 spiro atoms. The van der Waals surface area contributed by atoms with E-state index in [9.17, 15) is 8.22 Å². The standard InChI is InChI=1S/C88H75BN4O2/c1-85(2,3)53-34-40-71-63(44-53)64-45-54(86(4,5)6)35-41-72(64)90(71)57-38-39-67-79(49-57)94-80-50-58(91-69-31-21-17-27-60(69)61-28-18-22-32-70(61)91)48-76-82(80)89(67)83-77(93(76)68-30-20-16-26-59(68)52-24-14-13-15-25-52)51-75(81-62-29-19-23-33-78(62)95-84(81)83)92-73-42-36-55(87(7,8)9)46-65(73)66-47-56(88(10,11)12)37-43-74(66)92/h13-51H,1-12H3/i17D,18D,21D,22D,27D,28D,31D,32D. The van der Waals surface area contributed by atoms with Crippen molar-refractivity contribution >= 4 is 128 Å². The lowest BCUT2D eigenvalue weighted by atomic mass is 9.34. The lowest BCUT2D eigenvalue weighted by Crippen LogP contribution is -2.59. The van der Waals surface area contributed by atoms with E-state index >= 15 is 0 Å². The average molecular weight is 1240 g/mol. The molecule has 95 heavy (non-hydrogen) atoms. The number of ether oxygens (including phenoxy) is 1. The van der Waals surface area contributed by atoms with Gasteiger partial charge in [-0.05, 0) is 157 Å². The molecular weight excluding hydrogens is 1160 g/mol. The molecule has 0 fully saturated rings. The number of fused-ring (bicyclic) bond motifs is 17. The van der Waals surface area contributed by atoms with Crippen molar-refractivity contribution < 1.29 is 20.1 Å². The number of nitrogens with zero attached hydrogens (tertiary/aromatic N) is 4. The van der Waals surface area contributed by atoms with Gasteiger partial charge in [0.1, 0.15) is 22.7 Å². The first kappa shape index (κ1) is 49.1. The first-order chi connectivity index (χ1) is 49.0. The van der Waals surface area contributed by atoms with Crippen LogP contribution in [0.1, 0.15) is 116 Å². The number of furan rings is 1. The Morgan fingerprint density at radius 1 is 0.358 bits per heavy atom. The number of rotatable bonds is 5. The molecule has 4 aromatic heterocycles. The molecule has 0 amide bonds. The van der Waals surface area contributed by atoms with Crippen molar-refractivity contribution in [2.24, 2.45) is 0 Å². The molecule has 0 unspecified atom stereocenters. The summed E-state index contributed by atoms with van der Waals surface area (Å²) in [6.45, 7) is 26.5. The highest BCUT2D eigenvalue weighted by Crippen LogP contribution is 2.51. The summed E-state index contributed by atoms with van der Waals surface area (Å²) < 4.78 is 97.2. The molecule has 7 heteroatoms. The summed E-state index contributed by atoms with van der Waals surface area (Å²) in [5, 5.41) is 6.37. The van der Waals surface area contributed by atoms with Gasteiger partial charge in [0.2, 0.25) is 0 Å². The van der Waals surface area contributed by atoms with Gasteiger partial charge in [0.25, 0.3) is 6.71 Å². The van der Waals surface area contributed by atoms with Crippen molar-refractivity contribution in [3.05, 3.63) is 259 Å². The fourth-order valence-corrected chi connectivity index (χ4v) is 15.4. The summed E-state index contributed by atoms with van der Waals surface area (Å²) in [5.41, 5.74) is 18.7. The Kier molecular flexibility index (Phi) is 10.4. The number of para-hydroxylation sites is 4. The molecular formula is C88H75BN4O2. The van der Waals surface area contributed by atoms with Crippen molar-refractivity contribution in [1.82, 2.24) is 13.7 Å². The molecule has 2 aliphatic rings. The van der Waals surface area contributed by atoms with Gasteiger partial charge in [-0.25, -0.2) is 0 Å². The van der Waals surface area contributed by atoms with Crippen LogP contribution in [0, 0.1) is 0 Å². The highest BCUT2D eigenvalue weighted by molar-refractivity contribution is 7.00. The molecule has 462 valence electrons. The maximum atomic E-state index is 9.84. The lowest BCUT2D eigenvalue weighted by Gasteiger charge is -2.41. The number of aromatic nitrogens is 3. The van der Waals surface area contributed by atoms with Gasteiger partial charge in [0, 0.05) is 72.5 Å². The van der Waals surface area contributed by atoms with Crippen LogP contribution in [-0.4, -0.2) is 20.4 Å². The van der Waals surface area contributed by atoms with Gasteiger partial charge >= 0.3 is 0 Å². The lowest BCUT2D eigenvalue weighted by molar-refractivity contribution is 0.487. The van der Waals surface area contributed by atoms with Crippen LogP contribution in [-0.2, 0) is 21.7 Å². The van der Waals surface area contributed by atoms with Crippen LogP contribution in [0.5, 0.6) is 11.5 Å². The third kappa shape index (κ3) is 8.56. The highest BCUT2D eigenvalue weighted by atomic mass is 16.5. The first-order valence-electron chi connectivity index (χ1n) is 37.1. The normalized spacial score (nSPS) is 14.7. The molecule has 0 N–H and O–H groups in total. The van der Waals surface area contributed by atoms with Gasteiger partial charge in [-0.2, -0.15) is 0 Å². The molecule has 0 bridgehead atoms. The zero-order valence-corrected chi connectivity index (χ0v) is 55.6. The van der Waals surface area contributed by atoms with Gasteiger partial charge in [-0.1, -0.05) is 216 Å². The summed E-state index contributed by atoms with van der Waals surface area (Å²) in [4.78, 5) is 2.30. The van der Waals surface area contributed by atoms with Crippen LogP contribution in [0.3, 0.4) is 0 Å². The van der Waals surface area contributed by atoms with Crippen LogP contribution in [0.4, 0.5) is 17.1 Å². The molecule has 0 saturated heterocycles. The topological polar surface area (TPSA) is 40.4 Å². The van der Waals surface area contributed by atoms with Crippen LogP contribution >= 0.6 is 0 Å². The number of benzene rings is 12. The predicted molar refractivity (Wildman–Crippen MR) is 403 cm³/mol. The summed E-state index contributed by atoms with van der Waals surface area (Å²) >= 11 is 0. The minimum absolute atomic E-state index is 0.000103. The Balaban J connectivity index is 1.02. The van der Waals surface area contributed by atoms with E-state index in [1.54, 1.807) is 4.57 Å².